The number of carbonyl (C=O) groups is 1. The van der Waals surface area contributed by atoms with Crippen molar-refractivity contribution in [2.45, 2.75) is 25.3 Å². The summed E-state index contributed by atoms with van der Waals surface area (Å²) in [6.45, 7) is 5.84. The molecule has 0 bridgehead atoms. The van der Waals surface area contributed by atoms with Crippen LogP contribution in [0, 0.1) is 0 Å². The Hall–Kier alpha value is -2.09. The maximum atomic E-state index is 12.6. The van der Waals surface area contributed by atoms with Gasteiger partial charge in [0.2, 0.25) is 10.0 Å². The molecule has 0 N–H and O–H groups in total. The molecule has 6 nitrogen and oxygen atoms in total. The lowest BCUT2D eigenvalue weighted by Crippen LogP contribution is -2.23. The average molecular weight is 425 g/mol. The van der Waals surface area contributed by atoms with Crippen molar-refractivity contribution in [3.63, 3.8) is 0 Å². The fraction of sp³-hybridized carbons (Fsp3) is 0.350. The smallest absolute Gasteiger partial charge is 0.340 e. The molecular formula is C20H25ClN2O4S. The van der Waals surface area contributed by atoms with Gasteiger partial charge in [-0.2, -0.15) is 0 Å². The molecule has 0 saturated carbocycles. The minimum absolute atomic E-state index is 0.0163. The number of hydrogen-bond acceptors (Lipinski definition) is 5. The minimum atomic E-state index is -3.68. The molecule has 0 aliphatic carbocycles. The van der Waals surface area contributed by atoms with Gasteiger partial charge in [-0.3, -0.25) is 0 Å². The lowest BCUT2D eigenvalue weighted by Gasteiger charge is -2.24. The van der Waals surface area contributed by atoms with E-state index in [4.69, 9.17) is 16.3 Å². The van der Waals surface area contributed by atoms with Crippen molar-refractivity contribution in [3.8, 4) is 0 Å². The number of para-hydroxylation sites is 1. The first-order valence-electron chi connectivity index (χ1n) is 8.94. The molecule has 2 aromatic carbocycles. The van der Waals surface area contributed by atoms with Gasteiger partial charge < -0.3 is 9.64 Å². The van der Waals surface area contributed by atoms with Crippen LogP contribution < -0.4 is 4.90 Å². The standard InChI is InChI=1S/C20H25ClN2O4S/c1-5-23(6-2)19-10-8-7-9-15(19)14-27-20(24)17-13-16(11-12-18(17)21)28(25,26)22(3)4/h7-13H,5-6,14H2,1-4H3. The van der Waals surface area contributed by atoms with E-state index in [1.54, 1.807) is 0 Å². The van der Waals surface area contributed by atoms with Gasteiger partial charge in [-0.15, -0.1) is 0 Å². The van der Waals surface area contributed by atoms with Crippen LogP contribution in [-0.4, -0.2) is 45.9 Å². The van der Waals surface area contributed by atoms with Crippen molar-refractivity contribution in [2.75, 3.05) is 32.1 Å². The van der Waals surface area contributed by atoms with Crippen LogP contribution in [0.5, 0.6) is 0 Å². The Kier molecular flexibility index (Phi) is 7.46. The summed E-state index contributed by atoms with van der Waals surface area (Å²) >= 11 is 6.11. The molecule has 0 atom stereocenters. The number of rotatable bonds is 8. The number of benzene rings is 2. The van der Waals surface area contributed by atoms with E-state index in [1.807, 2.05) is 24.3 Å². The largest absolute Gasteiger partial charge is 0.457 e. The third kappa shape index (κ3) is 4.84. The van der Waals surface area contributed by atoms with Crippen LogP contribution in [0.15, 0.2) is 47.4 Å². The molecule has 0 radical (unpaired) electrons. The van der Waals surface area contributed by atoms with E-state index in [2.05, 4.69) is 18.7 Å². The average Bonchev–Trinajstić information content (AvgIpc) is 2.68. The Morgan fingerprint density at radius 1 is 1.07 bits per heavy atom. The van der Waals surface area contributed by atoms with Gasteiger partial charge in [0.15, 0.2) is 0 Å². The third-order valence-corrected chi connectivity index (χ3v) is 6.53. The van der Waals surface area contributed by atoms with Gasteiger partial charge >= 0.3 is 5.97 Å². The highest BCUT2D eigenvalue weighted by atomic mass is 35.5. The second-order valence-electron chi connectivity index (χ2n) is 6.31. The highest BCUT2D eigenvalue weighted by molar-refractivity contribution is 7.89. The van der Waals surface area contributed by atoms with Crippen molar-refractivity contribution in [1.29, 1.82) is 0 Å². The molecule has 0 saturated heterocycles. The second kappa shape index (κ2) is 9.41. The van der Waals surface area contributed by atoms with Crippen LogP contribution in [-0.2, 0) is 21.4 Å². The maximum absolute atomic E-state index is 12.6. The zero-order valence-electron chi connectivity index (χ0n) is 16.5. The predicted octanol–water partition coefficient (Wildman–Crippen LogP) is 3.79. The number of halogens is 1. The molecule has 0 aliphatic rings. The molecule has 0 fully saturated rings. The van der Waals surface area contributed by atoms with E-state index in [0.717, 1.165) is 28.6 Å². The number of hydrogen-bond donors (Lipinski definition) is 0. The highest BCUT2D eigenvalue weighted by Crippen LogP contribution is 2.25. The first-order chi connectivity index (χ1) is 13.2. The summed E-state index contributed by atoms with van der Waals surface area (Å²) in [5.74, 6) is -0.671. The molecule has 0 amide bonds. The van der Waals surface area contributed by atoms with Crippen molar-refractivity contribution >= 4 is 33.3 Å². The van der Waals surface area contributed by atoms with Crippen molar-refractivity contribution < 1.29 is 17.9 Å². The normalized spacial score (nSPS) is 11.5. The highest BCUT2D eigenvalue weighted by Gasteiger charge is 2.21. The topological polar surface area (TPSA) is 66.9 Å². The lowest BCUT2D eigenvalue weighted by atomic mass is 10.1. The number of esters is 1. The molecule has 2 aromatic rings. The lowest BCUT2D eigenvalue weighted by molar-refractivity contribution is 0.0473. The Morgan fingerprint density at radius 3 is 2.32 bits per heavy atom. The first-order valence-corrected chi connectivity index (χ1v) is 10.8. The second-order valence-corrected chi connectivity index (χ2v) is 8.87. The van der Waals surface area contributed by atoms with Crippen LogP contribution in [0.25, 0.3) is 0 Å². The van der Waals surface area contributed by atoms with Gasteiger partial charge in [0.05, 0.1) is 15.5 Å². The molecule has 0 unspecified atom stereocenters. The number of carbonyl (C=O) groups excluding carboxylic acids is 1. The van der Waals surface area contributed by atoms with Gasteiger partial charge in [-0.25, -0.2) is 17.5 Å². The molecular weight excluding hydrogens is 400 g/mol. The fourth-order valence-corrected chi connectivity index (χ4v) is 3.88. The Labute approximate surface area is 171 Å². The molecule has 8 heteroatoms. The van der Waals surface area contributed by atoms with Crippen LogP contribution >= 0.6 is 11.6 Å². The summed E-state index contributed by atoms with van der Waals surface area (Å²) in [6.07, 6.45) is 0. The summed E-state index contributed by atoms with van der Waals surface area (Å²) in [5.41, 5.74) is 1.88. The number of ether oxygens (including phenoxy) is 1. The van der Waals surface area contributed by atoms with Gasteiger partial charge in [0.1, 0.15) is 6.61 Å². The number of anilines is 1. The quantitative estimate of drug-likeness (QED) is 0.603. The molecule has 0 aliphatic heterocycles. The number of sulfonamides is 1. The molecule has 0 aromatic heterocycles. The zero-order chi connectivity index (χ0) is 20.9. The zero-order valence-corrected chi connectivity index (χ0v) is 18.0. The molecule has 0 spiro atoms. The van der Waals surface area contributed by atoms with Crippen molar-refractivity contribution in [3.05, 3.63) is 58.6 Å². The van der Waals surface area contributed by atoms with Crippen LogP contribution in [0.1, 0.15) is 29.8 Å². The van der Waals surface area contributed by atoms with Crippen molar-refractivity contribution in [1.82, 2.24) is 4.31 Å². The Morgan fingerprint density at radius 2 is 1.71 bits per heavy atom. The third-order valence-electron chi connectivity index (χ3n) is 4.39. The van der Waals surface area contributed by atoms with E-state index < -0.39 is 16.0 Å². The van der Waals surface area contributed by atoms with E-state index in [1.165, 1.54) is 32.3 Å². The fourth-order valence-electron chi connectivity index (χ4n) is 2.76. The van der Waals surface area contributed by atoms with E-state index in [-0.39, 0.29) is 22.1 Å². The summed E-state index contributed by atoms with van der Waals surface area (Å²) in [4.78, 5) is 14.7. The monoisotopic (exact) mass is 424 g/mol. The maximum Gasteiger partial charge on any atom is 0.340 e. The van der Waals surface area contributed by atoms with E-state index in [0.29, 0.717) is 0 Å². The Balaban J connectivity index is 2.26. The molecule has 0 heterocycles. The predicted molar refractivity (Wildman–Crippen MR) is 111 cm³/mol. The Bertz CT molecular complexity index is 941. The van der Waals surface area contributed by atoms with Gasteiger partial charge in [-0.05, 0) is 38.1 Å². The van der Waals surface area contributed by atoms with Crippen molar-refractivity contribution in [2.24, 2.45) is 0 Å². The van der Waals surface area contributed by atoms with Gasteiger partial charge in [0.25, 0.3) is 0 Å². The van der Waals surface area contributed by atoms with Crippen LogP contribution in [0.4, 0.5) is 5.69 Å². The first kappa shape index (κ1) is 22.2. The molecule has 152 valence electrons. The van der Waals surface area contributed by atoms with Crippen LogP contribution in [0.3, 0.4) is 0 Å². The van der Waals surface area contributed by atoms with Crippen LogP contribution in [0.2, 0.25) is 5.02 Å². The summed E-state index contributed by atoms with van der Waals surface area (Å²) in [5, 5.41) is 0.139. The minimum Gasteiger partial charge on any atom is -0.457 e. The summed E-state index contributed by atoms with van der Waals surface area (Å²) in [7, 11) is -0.836. The van der Waals surface area contributed by atoms with Gasteiger partial charge in [-0.1, -0.05) is 29.8 Å². The summed E-state index contributed by atoms with van der Waals surface area (Å²) < 4.78 is 31.1. The van der Waals surface area contributed by atoms with E-state index >= 15 is 0 Å². The molecule has 28 heavy (non-hydrogen) atoms. The van der Waals surface area contributed by atoms with E-state index in [9.17, 15) is 13.2 Å². The van der Waals surface area contributed by atoms with Gasteiger partial charge in [0, 0.05) is 38.4 Å². The molecule has 2 rings (SSSR count). The summed E-state index contributed by atoms with van der Waals surface area (Å²) in [6, 6.07) is 11.7. The number of nitrogens with zero attached hydrogens (tertiary/aromatic N) is 2. The SMILES string of the molecule is CCN(CC)c1ccccc1COC(=O)c1cc(S(=O)(=O)N(C)C)ccc1Cl.